The van der Waals surface area contributed by atoms with Crippen molar-refractivity contribution in [1.82, 2.24) is 0 Å². The molecule has 0 spiro atoms. The third-order valence-electron chi connectivity index (χ3n) is 1.42. The molecule has 0 aromatic heterocycles. The lowest BCUT2D eigenvalue weighted by Gasteiger charge is -2.01. The maximum atomic E-state index is 10.4. The van der Waals surface area contributed by atoms with E-state index in [4.69, 9.17) is 9.88 Å². The molecule has 1 fully saturated rings. The minimum Gasteiger partial charge on any atom is -0.381 e. The van der Waals surface area contributed by atoms with Crippen LogP contribution in [-0.2, 0) is 15.7 Å². The van der Waals surface area contributed by atoms with E-state index in [1.165, 1.54) is 0 Å². The van der Waals surface area contributed by atoms with Gasteiger partial charge in [0.2, 0.25) is 0 Å². The van der Waals surface area contributed by atoms with Crippen molar-refractivity contribution in [2.24, 2.45) is 11.1 Å². The normalized spacial score (nSPS) is 30.6. The third-order valence-corrected chi connectivity index (χ3v) is 2.22. The van der Waals surface area contributed by atoms with Gasteiger partial charge in [0.1, 0.15) is 0 Å². The van der Waals surface area contributed by atoms with Gasteiger partial charge in [0.15, 0.2) is 0 Å². The average Bonchev–Trinajstić information content (AvgIpc) is 2.15. The van der Waals surface area contributed by atoms with Crippen molar-refractivity contribution in [2.75, 3.05) is 19.0 Å². The summed E-state index contributed by atoms with van der Waals surface area (Å²) in [5, 5.41) is 5.09. The smallest absolute Gasteiger partial charge is 0.0891 e. The molecule has 0 aliphatic carbocycles. The summed E-state index contributed by atoms with van der Waals surface area (Å²) in [7, 11) is -1.14. The molecule has 4 heteroatoms. The summed E-state index contributed by atoms with van der Waals surface area (Å²) in [6.45, 7) is 1.55. The number of hydrogen-bond acceptors (Lipinski definition) is 2. The van der Waals surface area contributed by atoms with Crippen LogP contribution < -0.4 is 5.14 Å². The summed E-state index contributed by atoms with van der Waals surface area (Å²) >= 11 is 0. The lowest BCUT2D eigenvalue weighted by Crippen LogP contribution is -2.16. The fourth-order valence-electron chi connectivity index (χ4n) is 0.947. The summed E-state index contributed by atoms with van der Waals surface area (Å²) in [6, 6.07) is 0. The van der Waals surface area contributed by atoms with Crippen molar-refractivity contribution in [2.45, 2.75) is 6.42 Å². The Morgan fingerprint density at radius 2 is 2.56 bits per heavy atom. The molecule has 0 amide bonds. The number of ether oxygens (including phenoxy) is 1. The predicted octanol–water partition coefficient (Wildman–Crippen LogP) is -0.355. The summed E-state index contributed by atoms with van der Waals surface area (Å²) in [6.07, 6.45) is 1.02. The van der Waals surface area contributed by atoms with Crippen molar-refractivity contribution in [1.29, 1.82) is 0 Å². The molecule has 1 aliphatic rings. The highest BCUT2D eigenvalue weighted by Gasteiger charge is 2.16. The molecule has 1 saturated heterocycles. The first kappa shape index (κ1) is 7.18. The molecule has 54 valence electrons. The van der Waals surface area contributed by atoms with Crippen molar-refractivity contribution in [3.8, 4) is 0 Å². The van der Waals surface area contributed by atoms with Gasteiger partial charge in [0.25, 0.3) is 0 Å². The maximum absolute atomic E-state index is 10.4. The van der Waals surface area contributed by atoms with E-state index in [1.807, 2.05) is 0 Å². The van der Waals surface area contributed by atoms with Crippen LogP contribution in [0.2, 0.25) is 0 Å². The quantitative estimate of drug-likeness (QED) is 0.583. The molecule has 2 N–H and O–H groups in total. The zero-order chi connectivity index (χ0) is 6.69. The van der Waals surface area contributed by atoms with E-state index in [1.54, 1.807) is 0 Å². The van der Waals surface area contributed by atoms with Crippen molar-refractivity contribution >= 4 is 11.0 Å². The van der Waals surface area contributed by atoms with Gasteiger partial charge in [-0.1, -0.05) is 0 Å². The zero-order valence-corrected chi connectivity index (χ0v) is 6.02. The van der Waals surface area contributed by atoms with E-state index in [9.17, 15) is 4.21 Å². The molecule has 1 rings (SSSR count). The number of hydrogen-bond donors (Lipinski definition) is 1. The zero-order valence-electron chi connectivity index (χ0n) is 5.21. The minimum absolute atomic E-state index is 0.441. The number of rotatable bonds is 2. The van der Waals surface area contributed by atoms with Crippen LogP contribution in [0, 0.1) is 5.92 Å². The first-order valence-electron chi connectivity index (χ1n) is 2.99. The third kappa shape index (κ3) is 2.43. The van der Waals surface area contributed by atoms with Gasteiger partial charge in [-0.05, 0) is 12.3 Å². The van der Waals surface area contributed by atoms with Crippen LogP contribution >= 0.6 is 0 Å². The summed E-state index contributed by atoms with van der Waals surface area (Å²) in [5.41, 5.74) is 0. The molecule has 2 unspecified atom stereocenters. The molecule has 1 heterocycles. The molecule has 0 aromatic rings. The molecular weight excluding hydrogens is 138 g/mol. The van der Waals surface area contributed by atoms with Gasteiger partial charge in [0.05, 0.1) is 17.6 Å². The summed E-state index contributed by atoms with van der Waals surface area (Å²) in [5.74, 6) is 1.04. The van der Waals surface area contributed by atoms with Gasteiger partial charge in [0, 0.05) is 12.4 Å². The van der Waals surface area contributed by atoms with E-state index < -0.39 is 11.0 Å². The first-order valence-corrected chi connectivity index (χ1v) is 4.38. The van der Waals surface area contributed by atoms with Gasteiger partial charge in [-0.15, -0.1) is 0 Å². The lowest BCUT2D eigenvalue weighted by atomic mass is 10.2. The largest absolute Gasteiger partial charge is 0.381 e. The second kappa shape index (κ2) is 3.29. The molecule has 2 atom stereocenters. The fraction of sp³-hybridized carbons (Fsp3) is 1.00. The Kier molecular flexibility index (Phi) is 2.63. The molecule has 1 aliphatic heterocycles. The fourth-order valence-corrected chi connectivity index (χ4v) is 1.67. The van der Waals surface area contributed by atoms with Crippen molar-refractivity contribution in [3.63, 3.8) is 0 Å². The van der Waals surface area contributed by atoms with E-state index >= 15 is 0 Å². The van der Waals surface area contributed by atoms with E-state index in [2.05, 4.69) is 0 Å². The molecule has 9 heavy (non-hydrogen) atoms. The van der Waals surface area contributed by atoms with E-state index in [0.717, 1.165) is 19.6 Å². The van der Waals surface area contributed by atoms with Crippen LogP contribution in [0.1, 0.15) is 6.42 Å². The Morgan fingerprint density at radius 3 is 3.00 bits per heavy atom. The molecule has 0 aromatic carbocycles. The second-order valence-corrected chi connectivity index (χ2v) is 3.37. The predicted molar refractivity (Wildman–Crippen MR) is 36.1 cm³/mol. The Hall–Kier alpha value is 0.0700. The summed E-state index contributed by atoms with van der Waals surface area (Å²) < 4.78 is 15.5. The Balaban J connectivity index is 2.19. The highest BCUT2D eigenvalue weighted by atomic mass is 32.2. The van der Waals surface area contributed by atoms with Gasteiger partial charge in [-0.25, -0.2) is 4.21 Å². The Bertz CT molecular complexity index is 112. The highest BCUT2D eigenvalue weighted by molar-refractivity contribution is 7.82. The Morgan fingerprint density at radius 1 is 1.78 bits per heavy atom. The van der Waals surface area contributed by atoms with Crippen LogP contribution in [0.15, 0.2) is 0 Å². The minimum atomic E-state index is -1.14. The van der Waals surface area contributed by atoms with Crippen LogP contribution in [0.5, 0.6) is 0 Å². The maximum Gasteiger partial charge on any atom is 0.0891 e. The first-order chi connectivity index (χ1) is 4.29. The van der Waals surface area contributed by atoms with Crippen LogP contribution in [0.25, 0.3) is 0 Å². The molecule has 0 saturated carbocycles. The lowest BCUT2D eigenvalue weighted by molar-refractivity contribution is 0.189. The topological polar surface area (TPSA) is 52.3 Å². The van der Waals surface area contributed by atoms with Crippen LogP contribution in [0.3, 0.4) is 0 Å². The van der Waals surface area contributed by atoms with Crippen LogP contribution in [0.4, 0.5) is 0 Å². The molecule has 0 radical (unpaired) electrons. The van der Waals surface area contributed by atoms with E-state index in [-0.39, 0.29) is 0 Å². The highest BCUT2D eigenvalue weighted by Crippen LogP contribution is 2.11. The van der Waals surface area contributed by atoms with E-state index in [0.29, 0.717) is 11.7 Å². The van der Waals surface area contributed by atoms with Gasteiger partial charge < -0.3 is 4.74 Å². The van der Waals surface area contributed by atoms with Crippen molar-refractivity contribution < 1.29 is 8.95 Å². The van der Waals surface area contributed by atoms with Gasteiger partial charge in [-0.2, -0.15) is 0 Å². The van der Waals surface area contributed by atoms with Gasteiger partial charge in [-0.3, -0.25) is 5.14 Å². The second-order valence-electron chi connectivity index (χ2n) is 2.28. The van der Waals surface area contributed by atoms with Crippen LogP contribution in [-0.4, -0.2) is 23.2 Å². The number of nitrogens with two attached hydrogens (primary N) is 1. The average molecular weight is 149 g/mol. The molecule has 3 nitrogen and oxygen atoms in total. The SMILES string of the molecule is NS(=O)CC1CCOC1. The Labute approximate surface area is 57.2 Å². The molecular formula is C5H11NO2S. The summed E-state index contributed by atoms with van der Waals surface area (Å²) in [4.78, 5) is 0. The molecule has 0 bridgehead atoms. The standard InChI is InChI=1S/C5H11NO2S/c6-9(7)4-5-1-2-8-3-5/h5H,1-4,6H2. The monoisotopic (exact) mass is 149 g/mol. The van der Waals surface area contributed by atoms with Gasteiger partial charge >= 0.3 is 0 Å². The van der Waals surface area contributed by atoms with Crippen molar-refractivity contribution in [3.05, 3.63) is 0 Å².